The molecule has 0 radical (unpaired) electrons. The van der Waals surface area contributed by atoms with E-state index in [2.05, 4.69) is 53.0 Å². The van der Waals surface area contributed by atoms with Gasteiger partial charge in [0.25, 0.3) is 0 Å². The van der Waals surface area contributed by atoms with Crippen molar-refractivity contribution < 1.29 is 9.15 Å². The maximum Gasteiger partial charge on any atom is 0.211 e. The van der Waals surface area contributed by atoms with Crippen LogP contribution in [-0.2, 0) is 11.3 Å². The first-order chi connectivity index (χ1) is 12.2. The molecular formula is C20H23N3O2. The summed E-state index contributed by atoms with van der Waals surface area (Å²) in [6, 6.07) is 14.2. The second-order valence-corrected chi connectivity index (χ2v) is 6.94. The van der Waals surface area contributed by atoms with Crippen molar-refractivity contribution in [2.24, 2.45) is 5.92 Å². The first-order valence-corrected chi connectivity index (χ1v) is 8.82. The third-order valence-corrected chi connectivity index (χ3v) is 4.68. The molecule has 1 fully saturated rings. The Morgan fingerprint density at radius 2 is 1.96 bits per heavy atom. The molecule has 2 atom stereocenters. The van der Waals surface area contributed by atoms with Crippen LogP contribution in [0.3, 0.4) is 0 Å². The second-order valence-electron chi connectivity index (χ2n) is 6.94. The van der Waals surface area contributed by atoms with Crippen molar-refractivity contribution in [2.75, 3.05) is 13.1 Å². The summed E-state index contributed by atoms with van der Waals surface area (Å²) in [6.45, 7) is 6.80. The van der Waals surface area contributed by atoms with Crippen LogP contribution in [0.15, 0.2) is 53.1 Å². The second kappa shape index (κ2) is 6.94. The Labute approximate surface area is 147 Å². The highest BCUT2D eigenvalue weighted by molar-refractivity contribution is 5.66. The minimum atomic E-state index is 0.0739. The molecule has 1 aliphatic rings. The summed E-state index contributed by atoms with van der Waals surface area (Å²) in [7, 11) is 0. The third kappa shape index (κ3) is 3.57. The standard InChI is InChI=1S/C20H23N3O2/c1-14(2)17-11-23(12-18(24-17)15-7-4-3-5-8-15)13-19-22-20-16(25-19)9-6-10-21-20/h3-10,14,17-18H,11-13H2,1-2H3/t17-,18+/m1/s1. The SMILES string of the molecule is CC(C)[C@H]1CN(Cc2nc3ncccc3o2)C[C@@H](c2ccccc2)O1. The largest absolute Gasteiger partial charge is 0.438 e. The Bertz CT molecular complexity index is 798. The number of benzene rings is 1. The number of morpholine rings is 1. The van der Waals surface area contributed by atoms with Gasteiger partial charge in [0.2, 0.25) is 5.89 Å². The number of nitrogens with zero attached hydrogens (tertiary/aromatic N) is 3. The lowest BCUT2D eigenvalue weighted by Crippen LogP contribution is -2.45. The smallest absolute Gasteiger partial charge is 0.211 e. The average Bonchev–Trinajstić information content (AvgIpc) is 3.04. The van der Waals surface area contributed by atoms with Crippen molar-refractivity contribution >= 4 is 11.2 Å². The van der Waals surface area contributed by atoms with Gasteiger partial charge < -0.3 is 9.15 Å². The van der Waals surface area contributed by atoms with E-state index in [1.54, 1.807) is 6.20 Å². The van der Waals surface area contributed by atoms with Crippen LogP contribution in [0.2, 0.25) is 0 Å². The first-order valence-electron chi connectivity index (χ1n) is 8.82. The van der Waals surface area contributed by atoms with E-state index in [-0.39, 0.29) is 12.2 Å². The van der Waals surface area contributed by atoms with Gasteiger partial charge in [0.1, 0.15) is 0 Å². The van der Waals surface area contributed by atoms with Gasteiger partial charge in [-0.3, -0.25) is 4.90 Å². The minimum absolute atomic E-state index is 0.0739. The molecule has 1 aliphatic heterocycles. The summed E-state index contributed by atoms with van der Waals surface area (Å²) in [5.41, 5.74) is 2.63. The van der Waals surface area contributed by atoms with Crippen LogP contribution in [0, 0.1) is 5.92 Å². The normalized spacial score (nSPS) is 21.9. The summed E-state index contributed by atoms with van der Waals surface area (Å²) in [4.78, 5) is 11.1. The van der Waals surface area contributed by atoms with Crippen molar-refractivity contribution in [1.82, 2.24) is 14.9 Å². The number of fused-ring (bicyclic) bond motifs is 1. The fraction of sp³-hybridized carbons (Fsp3) is 0.400. The van der Waals surface area contributed by atoms with E-state index in [9.17, 15) is 0 Å². The monoisotopic (exact) mass is 337 g/mol. The van der Waals surface area contributed by atoms with Crippen molar-refractivity contribution in [3.8, 4) is 0 Å². The first kappa shape index (κ1) is 16.2. The zero-order chi connectivity index (χ0) is 17.2. The Morgan fingerprint density at radius 1 is 1.12 bits per heavy atom. The molecule has 2 aromatic heterocycles. The lowest BCUT2D eigenvalue weighted by molar-refractivity contribution is -0.109. The van der Waals surface area contributed by atoms with Crippen LogP contribution in [0.4, 0.5) is 0 Å². The number of oxazole rings is 1. The highest BCUT2D eigenvalue weighted by Gasteiger charge is 2.31. The topological polar surface area (TPSA) is 51.4 Å². The van der Waals surface area contributed by atoms with Gasteiger partial charge in [-0.2, -0.15) is 4.98 Å². The summed E-state index contributed by atoms with van der Waals surface area (Å²) in [5, 5.41) is 0. The molecular weight excluding hydrogens is 314 g/mol. The molecule has 0 amide bonds. The molecule has 1 aromatic carbocycles. The van der Waals surface area contributed by atoms with Crippen LogP contribution in [-0.4, -0.2) is 34.1 Å². The lowest BCUT2D eigenvalue weighted by Gasteiger charge is -2.39. The van der Waals surface area contributed by atoms with E-state index >= 15 is 0 Å². The van der Waals surface area contributed by atoms with E-state index in [0.29, 0.717) is 24.0 Å². The molecule has 130 valence electrons. The van der Waals surface area contributed by atoms with Crippen LogP contribution < -0.4 is 0 Å². The van der Waals surface area contributed by atoms with Crippen molar-refractivity contribution in [3.05, 3.63) is 60.1 Å². The number of hydrogen-bond acceptors (Lipinski definition) is 5. The molecule has 1 saturated heterocycles. The molecule has 25 heavy (non-hydrogen) atoms. The van der Waals surface area contributed by atoms with E-state index < -0.39 is 0 Å². The van der Waals surface area contributed by atoms with Gasteiger partial charge in [0, 0.05) is 19.3 Å². The van der Waals surface area contributed by atoms with E-state index in [4.69, 9.17) is 9.15 Å². The van der Waals surface area contributed by atoms with Gasteiger partial charge in [-0.05, 0) is 23.6 Å². The van der Waals surface area contributed by atoms with Gasteiger partial charge in [-0.15, -0.1) is 0 Å². The molecule has 0 unspecified atom stereocenters. The molecule has 5 nitrogen and oxygen atoms in total. The number of aromatic nitrogens is 2. The molecule has 3 aromatic rings. The zero-order valence-electron chi connectivity index (χ0n) is 14.6. The molecule has 0 aliphatic carbocycles. The van der Waals surface area contributed by atoms with Crippen LogP contribution >= 0.6 is 0 Å². The highest BCUT2D eigenvalue weighted by Crippen LogP contribution is 2.29. The number of hydrogen-bond donors (Lipinski definition) is 0. The summed E-state index contributed by atoms with van der Waals surface area (Å²) >= 11 is 0. The van der Waals surface area contributed by atoms with Gasteiger partial charge in [0.05, 0.1) is 18.8 Å². The predicted molar refractivity (Wildman–Crippen MR) is 96.0 cm³/mol. The molecule has 0 N–H and O–H groups in total. The number of rotatable bonds is 4. The Hall–Kier alpha value is -2.24. The van der Waals surface area contributed by atoms with Crippen LogP contribution in [0.25, 0.3) is 11.2 Å². The summed E-state index contributed by atoms with van der Waals surface area (Å²) in [5.74, 6) is 1.17. The maximum atomic E-state index is 6.36. The fourth-order valence-corrected chi connectivity index (χ4v) is 3.28. The molecule has 0 saturated carbocycles. The molecule has 0 bridgehead atoms. The Morgan fingerprint density at radius 3 is 2.72 bits per heavy atom. The lowest BCUT2D eigenvalue weighted by atomic mass is 10.0. The summed E-state index contributed by atoms with van der Waals surface area (Å²) in [6.07, 6.45) is 2.01. The zero-order valence-corrected chi connectivity index (χ0v) is 14.6. The molecule has 0 spiro atoms. The number of ether oxygens (including phenoxy) is 1. The molecule has 5 heteroatoms. The van der Waals surface area contributed by atoms with E-state index in [1.165, 1.54) is 5.56 Å². The van der Waals surface area contributed by atoms with Gasteiger partial charge in [0.15, 0.2) is 11.2 Å². The van der Waals surface area contributed by atoms with Gasteiger partial charge >= 0.3 is 0 Å². The highest BCUT2D eigenvalue weighted by atomic mass is 16.5. The third-order valence-electron chi connectivity index (χ3n) is 4.68. The predicted octanol–water partition coefficient (Wildman–Crippen LogP) is 3.82. The summed E-state index contributed by atoms with van der Waals surface area (Å²) < 4.78 is 12.2. The minimum Gasteiger partial charge on any atom is -0.438 e. The average molecular weight is 337 g/mol. The molecule has 3 heterocycles. The quantitative estimate of drug-likeness (QED) is 0.724. The van der Waals surface area contributed by atoms with Gasteiger partial charge in [-0.1, -0.05) is 44.2 Å². The maximum absolute atomic E-state index is 6.36. The van der Waals surface area contributed by atoms with E-state index in [0.717, 1.165) is 18.7 Å². The van der Waals surface area contributed by atoms with Crippen LogP contribution in [0.1, 0.15) is 31.4 Å². The van der Waals surface area contributed by atoms with Gasteiger partial charge in [-0.25, -0.2) is 4.98 Å². The Balaban J connectivity index is 1.55. The van der Waals surface area contributed by atoms with Crippen molar-refractivity contribution in [2.45, 2.75) is 32.6 Å². The van der Waals surface area contributed by atoms with E-state index in [1.807, 2.05) is 18.2 Å². The number of pyridine rings is 1. The van der Waals surface area contributed by atoms with Crippen molar-refractivity contribution in [1.29, 1.82) is 0 Å². The Kier molecular flexibility index (Phi) is 4.51. The molecule has 4 rings (SSSR count). The van der Waals surface area contributed by atoms with Crippen LogP contribution in [0.5, 0.6) is 0 Å². The van der Waals surface area contributed by atoms with Crippen molar-refractivity contribution in [3.63, 3.8) is 0 Å². The fourth-order valence-electron chi connectivity index (χ4n) is 3.28.